The zero-order chi connectivity index (χ0) is 24.5. The molecule has 0 bridgehead atoms. The summed E-state index contributed by atoms with van der Waals surface area (Å²) in [6.07, 6.45) is 3.30. The summed E-state index contributed by atoms with van der Waals surface area (Å²) in [5, 5.41) is 0.587. The molecule has 1 saturated heterocycles. The molecule has 184 valence electrons. The van der Waals surface area contributed by atoms with Crippen LogP contribution in [-0.4, -0.2) is 54.0 Å². The van der Waals surface area contributed by atoms with Gasteiger partial charge in [0.25, 0.3) is 5.91 Å². The Hall–Kier alpha value is -3.29. The van der Waals surface area contributed by atoms with E-state index in [1.54, 1.807) is 41.5 Å². The zero-order valence-corrected chi connectivity index (χ0v) is 20.2. The van der Waals surface area contributed by atoms with E-state index in [0.717, 1.165) is 18.4 Å². The SMILES string of the molecule is O=C(CN(CC1CCCO1)C(=O)COc1ccc(Cl)cc1)N(Cc1ccccc1)Cc1ccco1. The lowest BCUT2D eigenvalue weighted by Crippen LogP contribution is -2.46. The summed E-state index contributed by atoms with van der Waals surface area (Å²) in [7, 11) is 0. The van der Waals surface area contributed by atoms with Gasteiger partial charge >= 0.3 is 0 Å². The highest BCUT2D eigenvalue weighted by Crippen LogP contribution is 2.18. The predicted molar refractivity (Wildman–Crippen MR) is 132 cm³/mol. The first kappa shape index (κ1) is 24.8. The van der Waals surface area contributed by atoms with Crippen LogP contribution in [0.2, 0.25) is 5.02 Å². The van der Waals surface area contributed by atoms with E-state index in [1.165, 1.54) is 4.90 Å². The second-order valence-corrected chi connectivity index (χ2v) is 8.90. The molecule has 3 aromatic rings. The second-order valence-electron chi connectivity index (χ2n) is 8.47. The smallest absolute Gasteiger partial charge is 0.261 e. The lowest BCUT2D eigenvalue weighted by Gasteiger charge is -2.29. The molecular weight excluding hydrogens is 468 g/mol. The molecule has 35 heavy (non-hydrogen) atoms. The van der Waals surface area contributed by atoms with Gasteiger partial charge in [-0.3, -0.25) is 9.59 Å². The fourth-order valence-electron chi connectivity index (χ4n) is 3.95. The molecular formula is C27H29ClN2O5. The van der Waals surface area contributed by atoms with Crippen molar-refractivity contribution < 1.29 is 23.5 Å². The van der Waals surface area contributed by atoms with Crippen molar-refractivity contribution in [1.82, 2.24) is 9.80 Å². The Morgan fingerprint density at radius 1 is 0.943 bits per heavy atom. The first-order valence-corrected chi connectivity index (χ1v) is 12.1. The van der Waals surface area contributed by atoms with Crippen LogP contribution in [0.1, 0.15) is 24.2 Å². The van der Waals surface area contributed by atoms with Crippen LogP contribution in [-0.2, 0) is 27.4 Å². The number of halogens is 1. The molecule has 2 amide bonds. The number of hydrogen-bond donors (Lipinski definition) is 0. The van der Waals surface area contributed by atoms with Crippen molar-refractivity contribution in [3.05, 3.63) is 89.3 Å². The van der Waals surface area contributed by atoms with Gasteiger partial charge in [-0.25, -0.2) is 0 Å². The van der Waals surface area contributed by atoms with E-state index in [1.807, 2.05) is 36.4 Å². The highest BCUT2D eigenvalue weighted by Gasteiger charge is 2.27. The van der Waals surface area contributed by atoms with Crippen molar-refractivity contribution in [2.24, 2.45) is 0 Å². The number of nitrogens with zero attached hydrogens (tertiary/aromatic N) is 2. The predicted octanol–water partition coefficient (Wildman–Crippen LogP) is 4.55. The average Bonchev–Trinajstić information content (AvgIpc) is 3.58. The number of carbonyl (C=O) groups is 2. The molecule has 1 aliphatic heterocycles. The third-order valence-electron chi connectivity index (χ3n) is 5.80. The van der Waals surface area contributed by atoms with E-state index < -0.39 is 0 Å². The fourth-order valence-corrected chi connectivity index (χ4v) is 4.07. The van der Waals surface area contributed by atoms with Gasteiger partial charge in [0, 0.05) is 24.7 Å². The molecule has 0 spiro atoms. The van der Waals surface area contributed by atoms with Crippen LogP contribution in [0.4, 0.5) is 0 Å². The Balaban J connectivity index is 1.45. The van der Waals surface area contributed by atoms with Gasteiger partial charge in [0.2, 0.25) is 5.91 Å². The van der Waals surface area contributed by atoms with Gasteiger partial charge in [-0.2, -0.15) is 0 Å². The third-order valence-corrected chi connectivity index (χ3v) is 6.05. The summed E-state index contributed by atoms with van der Waals surface area (Å²) in [5.74, 6) is 0.761. The van der Waals surface area contributed by atoms with Gasteiger partial charge in [0.05, 0.1) is 25.5 Å². The molecule has 1 fully saturated rings. The summed E-state index contributed by atoms with van der Waals surface area (Å²) in [4.78, 5) is 29.8. The van der Waals surface area contributed by atoms with Crippen LogP contribution in [0.15, 0.2) is 77.4 Å². The first-order valence-electron chi connectivity index (χ1n) is 11.7. The van der Waals surface area contributed by atoms with Crippen LogP contribution in [0.3, 0.4) is 0 Å². The van der Waals surface area contributed by atoms with E-state index in [9.17, 15) is 9.59 Å². The standard InChI is InChI=1S/C27H29ClN2O5/c28-22-10-12-23(13-11-22)35-20-27(32)30(18-25-9-5-15-34-25)19-26(31)29(17-24-8-4-14-33-24)16-21-6-2-1-3-7-21/h1-4,6-8,10-14,25H,5,9,15-20H2. The normalized spacial score (nSPS) is 15.1. The molecule has 2 aromatic carbocycles. The molecule has 0 saturated carbocycles. The van der Waals surface area contributed by atoms with Crippen LogP contribution in [0.25, 0.3) is 0 Å². The van der Waals surface area contributed by atoms with Gasteiger partial charge in [-0.05, 0) is 54.8 Å². The maximum atomic E-state index is 13.5. The van der Waals surface area contributed by atoms with E-state index >= 15 is 0 Å². The van der Waals surface area contributed by atoms with E-state index in [2.05, 4.69) is 0 Å². The summed E-state index contributed by atoms with van der Waals surface area (Å²) < 4.78 is 16.9. The Kier molecular flexibility index (Phi) is 8.81. The second kappa shape index (κ2) is 12.4. The Labute approximate surface area is 210 Å². The first-order chi connectivity index (χ1) is 17.1. The Morgan fingerprint density at radius 2 is 1.74 bits per heavy atom. The molecule has 0 aliphatic carbocycles. The Morgan fingerprint density at radius 3 is 2.43 bits per heavy atom. The summed E-state index contributed by atoms with van der Waals surface area (Å²) >= 11 is 5.92. The number of benzene rings is 2. The monoisotopic (exact) mass is 496 g/mol. The molecule has 2 heterocycles. The van der Waals surface area contributed by atoms with Gasteiger partial charge in [0.15, 0.2) is 6.61 Å². The maximum absolute atomic E-state index is 13.5. The van der Waals surface area contributed by atoms with Crippen molar-refractivity contribution in [3.63, 3.8) is 0 Å². The minimum absolute atomic E-state index is 0.0732. The molecule has 1 aromatic heterocycles. The molecule has 0 N–H and O–H groups in total. The fraction of sp³-hybridized carbons (Fsp3) is 0.333. The minimum atomic E-state index is -0.276. The number of ether oxygens (including phenoxy) is 2. The number of hydrogen-bond acceptors (Lipinski definition) is 5. The average molecular weight is 497 g/mol. The van der Waals surface area contributed by atoms with Crippen molar-refractivity contribution >= 4 is 23.4 Å². The number of amides is 2. The van der Waals surface area contributed by atoms with Crippen LogP contribution in [0, 0.1) is 0 Å². The van der Waals surface area contributed by atoms with Gasteiger partial charge < -0.3 is 23.7 Å². The van der Waals surface area contributed by atoms with Gasteiger partial charge in [-0.1, -0.05) is 41.9 Å². The lowest BCUT2D eigenvalue weighted by molar-refractivity contribution is -0.143. The molecule has 1 aliphatic rings. The number of furan rings is 1. The zero-order valence-electron chi connectivity index (χ0n) is 19.5. The summed E-state index contributed by atoms with van der Waals surface area (Å²) in [6, 6.07) is 20.2. The molecule has 1 unspecified atom stereocenters. The highest BCUT2D eigenvalue weighted by atomic mass is 35.5. The Bertz CT molecular complexity index is 1070. The van der Waals surface area contributed by atoms with Crippen molar-refractivity contribution in [1.29, 1.82) is 0 Å². The van der Waals surface area contributed by atoms with E-state index in [4.69, 9.17) is 25.5 Å². The summed E-state index contributed by atoms with van der Waals surface area (Å²) in [5.41, 5.74) is 0.996. The van der Waals surface area contributed by atoms with Crippen LogP contribution in [0.5, 0.6) is 5.75 Å². The highest BCUT2D eigenvalue weighted by molar-refractivity contribution is 6.30. The molecule has 0 radical (unpaired) electrons. The topological polar surface area (TPSA) is 72.2 Å². The van der Waals surface area contributed by atoms with Crippen LogP contribution < -0.4 is 4.74 Å². The number of carbonyl (C=O) groups excluding carboxylic acids is 2. The van der Waals surface area contributed by atoms with Crippen molar-refractivity contribution in [2.45, 2.75) is 32.0 Å². The van der Waals surface area contributed by atoms with Gasteiger partial charge in [0.1, 0.15) is 11.5 Å². The van der Waals surface area contributed by atoms with Crippen molar-refractivity contribution in [3.8, 4) is 5.75 Å². The van der Waals surface area contributed by atoms with E-state index in [0.29, 0.717) is 42.8 Å². The minimum Gasteiger partial charge on any atom is -0.484 e. The number of rotatable bonds is 11. The molecule has 1 atom stereocenters. The van der Waals surface area contributed by atoms with Crippen LogP contribution >= 0.6 is 11.6 Å². The molecule has 4 rings (SSSR count). The molecule has 7 nitrogen and oxygen atoms in total. The van der Waals surface area contributed by atoms with Gasteiger partial charge in [-0.15, -0.1) is 0 Å². The van der Waals surface area contributed by atoms with E-state index in [-0.39, 0.29) is 31.1 Å². The largest absolute Gasteiger partial charge is 0.484 e. The quantitative estimate of drug-likeness (QED) is 0.389. The van der Waals surface area contributed by atoms with Crippen molar-refractivity contribution in [2.75, 3.05) is 26.3 Å². The summed E-state index contributed by atoms with van der Waals surface area (Å²) in [6.45, 7) is 1.47. The maximum Gasteiger partial charge on any atom is 0.261 e. The molecule has 8 heteroatoms. The third kappa shape index (κ3) is 7.60. The lowest BCUT2D eigenvalue weighted by atomic mass is 10.2.